The van der Waals surface area contributed by atoms with Crippen LogP contribution in [-0.2, 0) is 22.6 Å². The zero-order valence-electron chi connectivity index (χ0n) is 14.8. The summed E-state index contributed by atoms with van der Waals surface area (Å²) in [5.41, 5.74) is 2.06. The number of likely N-dealkylation sites (tertiary alicyclic amines) is 1. The molecule has 6 heteroatoms. The minimum absolute atomic E-state index is 0.00427. The van der Waals surface area contributed by atoms with E-state index in [1.54, 1.807) is 18.7 Å². The molecule has 4 heterocycles. The number of rotatable bonds is 5. The van der Waals surface area contributed by atoms with Crippen LogP contribution in [0.25, 0.3) is 0 Å². The zero-order valence-corrected chi connectivity index (χ0v) is 14.8. The van der Waals surface area contributed by atoms with Gasteiger partial charge in [-0.15, -0.1) is 0 Å². The molecule has 2 aromatic heterocycles. The van der Waals surface area contributed by atoms with E-state index in [-0.39, 0.29) is 23.8 Å². The number of pyridine rings is 1. The lowest BCUT2D eigenvalue weighted by Crippen LogP contribution is -2.53. The largest absolute Gasteiger partial charge is 0.472 e. The van der Waals surface area contributed by atoms with Crippen LogP contribution in [0.2, 0.25) is 0 Å². The summed E-state index contributed by atoms with van der Waals surface area (Å²) in [7, 11) is 0. The fourth-order valence-electron chi connectivity index (χ4n) is 4.11. The van der Waals surface area contributed by atoms with Crippen molar-refractivity contribution in [3.63, 3.8) is 0 Å². The standard InChI is InChI=1S/C20H25N3O3/c24-20(22-11-16-3-1-2-7-21-16)17-6-10-26-19-4-8-23(13-18(17)19)12-15-5-9-25-14-15/h1-3,5,7,9,14,17-19H,4,6,8,10-13H2,(H,22,24)/t17-,18+,19-/m1/s1. The van der Waals surface area contributed by atoms with Crippen molar-refractivity contribution in [2.24, 2.45) is 11.8 Å². The summed E-state index contributed by atoms with van der Waals surface area (Å²) in [5.74, 6) is 0.372. The quantitative estimate of drug-likeness (QED) is 0.891. The van der Waals surface area contributed by atoms with Crippen LogP contribution < -0.4 is 5.32 Å². The molecule has 0 aliphatic carbocycles. The number of ether oxygens (including phenoxy) is 1. The SMILES string of the molecule is O=C(NCc1ccccn1)[C@@H]1CCO[C@@H]2CCN(Cc3ccoc3)C[C@H]21. The topological polar surface area (TPSA) is 67.6 Å². The first kappa shape index (κ1) is 17.2. The lowest BCUT2D eigenvalue weighted by atomic mass is 9.79. The highest BCUT2D eigenvalue weighted by Crippen LogP contribution is 2.33. The van der Waals surface area contributed by atoms with Crippen molar-refractivity contribution in [2.75, 3.05) is 19.7 Å². The number of hydrogen-bond donors (Lipinski definition) is 1. The fourth-order valence-corrected chi connectivity index (χ4v) is 4.11. The monoisotopic (exact) mass is 355 g/mol. The van der Waals surface area contributed by atoms with Gasteiger partial charge in [0.15, 0.2) is 0 Å². The summed E-state index contributed by atoms with van der Waals surface area (Å²) in [5, 5.41) is 3.07. The van der Waals surface area contributed by atoms with Crippen LogP contribution in [0.15, 0.2) is 47.4 Å². The summed E-state index contributed by atoms with van der Waals surface area (Å²) < 4.78 is 11.1. The van der Waals surface area contributed by atoms with Crippen molar-refractivity contribution in [1.29, 1.82) is 0 Å². The van der Waals surface area contributed by atoms with Gasteiger partial charge in [0.1, 0.15) is 0 Å². The highest BCUT2D eigenvalue weighted by molar-refractivity contribution is 5.79. The van der Waals surface area contributed by atoms with E-state index in [1.807, 2.05) is 24.3 Å². The van der Waals surface area contributed by atoms with Gasteiger partial charge in [-0.3, -0.25) is 14.7 Å². The first-order valence-electron chi connectivity index (χ1n) is 9.32. The van der Waals surface area contributed by atoms with Crippen molar-refractivity contribution >= 4 is 5.91 Å². The van der Waals surface area contributed by atoms with Crippen molar-refractivity contribution in [2.45, 2.75) is 32.0 Å². The van der Waals surface area contributed by atoms with Gasteiger partial charge in [0.2, 0.25) is 5.91 Å². The average Bonchev–Trinajstić information content (AvgIpc) is 3.19. The van der Waals surface area contributed by atoms with E-state index < -0.39 is 0 Å². The Kier molecular flexibility index (Phi) is 5.32. The van der Waals surface area contributed by atoms with E-state index in [1.165, 1.54) is 5.56 Å². The summed E-state index contributed by atoms with van der Waals surface area (Å²) in [6, 6.07) is 7.75. The van der Waals surface area contributed by atoms with Crippen LogP contribution in [0.3, 0.4) is 0 Å². The summed E-state index contributed by atoms with van der Waals surface area (Å²) in [6.07, 6.45) is 7.21. The number of carbonyl (C=O) groups excluding carboxylic acids is 1. The van der Waals surface area contributed by atoms with Gasteiger partial charge < -0.3 is 14.5 Å². The second-order valence-corrected chi connectivity index (χ2v) is 7.16. The number of fused-ring (bicyclic) bond motifs is 1. The molecule has 2 aromatic rings. The number of nitrogens with zero attached hydrogens (tertiary/aromatic N) is 2. The second-order valence-electron chi connectivity index (χ2n) is 7.16. The molecule has 3 atom stereocenters. The first-order valence-corrected chi connectivity index (χ1v) is 9.32. The molecule has 1 amide bonds. The van der Waals surface area contributed by atoms with E-state index >= 15 is 0 Å². The molecule has 26 heavy (non-hydrogen) atoms. The molecule has 0 radical (unpaired) electrons. The number of hydrogen-bond acceptors (Lipinski definition) is 5. The van der Waals surface area contributed by atoms with Gasteiger partial charge in [-0.05, 0) is 31.0 Å². The van der Waals surface area contributed by atoms with Crippen molar-refractivity contribution in [3.05, 3.63) is 54.2 Å². The Morgan fingerprint density at radius 1 is 1.31 bits per heavy atom. The van der Waals surface area contributed by atoms with Gasteiger partial charge in [-0.2, -0.15) is 0 Å². The van der Waals surface area contributed by atoms with Gasteiger partial charge in [0.25, 0.3) is 0 Å². The summed E-state index contributed by atoms with van der Waals surface area (Å²) in [4.78, 5) is 19.5. The lowest BCUT2D eigenvalue weighted by molar-refractivity contribution is -0.142. The van der Waals surface area contributed by atoms with Crippen molar-refractivity contribution in [1.82, 2.24) is 15.2 Å². The number of carbonyl (C=O) groups is 1. The number of furan rings is 1. The number of aromatic nitrogens is 1. The summed E-state index contributed by atoms with van der Waals surface area (Å²) in [6.45, 7) is 3.89. The molecule has 138 valence electrons. The molecule has 0 bridgehead atoms. The van der Waals surface area contributed by atoms with Gasteiger partial charge in [0.05, 0.1) is 30.9 Å². The van der Waals surface area contributed by atoms with Crippen LogP contribution in [0.4, 0.5) is 0 Å². The molecular weight excluding hydrogens is 330 g/mol. The molecule has 2 fully saturated rings. The predicted molar refractivity (Wildman–Crippen MR) is 96.0 cm³/mol. The number of piperidine rings is 1. The van der Waals surface area contributed by atoms with E-state index in [0.29, 0.717) is 13.2 Å². The fraction of sp³-hybridized carbons (Fsp3) is 0.500. The Balaban J connectivity index is 1.37. The van der Waals surface area contributed by atoms with E-state index in [0.717, 1.165) is 38.2 Å². The normalized spacial score (nSPS) is 26.2. The number of amides is 1. The highest BCUT2D eigenvalue weighted by atomic mass is 16.5. The highest BCUT2D eigenvalue weighted by Gasteiger charge is 2.41. The van der Waals surface area contributed by atoms with Crippen LogP contribution in [0.5, 0.6) is 0 Å². The van der Waals surface area contributed by atoms with Gasteiger partial charge in [-0.1, -0.05) is 6.07 Å². The minimum atomic E-state index is 0.00427. The maximum atomic E-state index is 12.8. The molecule has 1 N–H and O–H groups in total. The first-order chi connectivity index (χ1) is 12.8. The maximum absolute atomic E-state index is 12.8. The third kappa shape index (κ3) is 3.97. The smallest absolute Gasteiger partial charge is 0.223 e. The van der Waals surface area contributed by atoms with Gasteiger partial charge >= 0.3 is 0 Å². The van der Waals surface area contributed by atoms with Crippen molar-refractivity contribution < 1.29 is 13.9 Å². The molecule has 0 aromatic carbocycles. The van der Waals surface area contributed by atoms with Crippen LogP contribution >= 0.6 is 0 Å². The van der Waals surface area contributed by atoms with Crippen LogP contribution in [-0.4, -0.2) is 41.6 Å². The Labute approximate surface area is 153 Å². The van der Waals surface area contributed by atoms with Crippen LogP contribution in [0, 0.1) is 11.8 Å². The predicted octanol–water partition coefficient (Wildman–Crippen LogP) is 2.22. The minimum Gasteiger partial charge on any atom is -0.472 e. The zero-order chi connectivity index (χ0) is 17.8. The molecule has 0 unspecified atom stereocenters. The molecule has 0 spiro atoms. The van der Waals surface area contributed by atoms with E-state index in [4.69, 9.17) is 9.15 Å². The lowest BCUT2D eigenvalue weighted by Gasteiger charge is -2.44. The number of nitrogens with one attached hydrogen (secondary N) is 1. The van der Waals surface area contributed by atoms with E-state index in [9.17, 15) is 4.79 Å². The third-order valence-electron chi connectivity index (χ3n) is 5.45. The Bertz CT molecular complexity index is 704. The van der Waals surface area contributed by atoms with E-state index in [2.05, 4.69) is 15.2 Å². The Morgan fingerprint density at radius 2 is 2.27 bits per heavy atom. The third-order valence-corrected chi connectivity index (χ3v) is 5.45. The maximum Gasteiger partial charge on any atom is 0.223 e. The molecule has 0 saturated carbocycles. The summed E-state index contributed by atoms with van der Waals surface area (Å²) >= 11 is 0. The van der Waals surface area contributed by atoms with Gasteiger partial charge in [-0.25, -0.2) is 0 Å². The van der Waals surface area contributed by atoms with Gasteiger partial charge in [0, 0.05) is 49.8 Å². The Morgan fingerprint density at radius 3 is 3.08 bits per heavy atom. The average molecular weight is 355 g/mol. The van der Waals surface area contributed by atoms with Crippen LogP contribution in [0.1, 0.15) is 24.1 Å². The van der Waals surface area contributed by atoms with Crippen molar-refractivity contribution in [3.8, 4) is 0 Å². The molecule has 6 nitrogen and oxygen atoms in total. The molecule has 2 saturated heterocycles. The molecule has 2 aliphatic heterocycles. The second kappa shape index (κ2) is 8.01. The molecular formula is C20H25N3O3. The molecule has 2 aliphatic rings. The Hall–Kier alpha value is -2.18. The molecule has 4 rings (SSSR count).